The Kier molecular flexibility index (Phi) is 6.39. The lowest BCUT2D eigenvalue weighted by Crippen LogP contribution is -2.49. The van der Waals surface area contributed by atoms with E-state index in [1.54, 1.807) is 12.1 Å². The van der Waals surface area contributed by atoms with Crippen molar-refractivity contribution in [1.82, 2.24) is 30.0 Å². The average Bonchev–Trinajstić information content (AvgIpc) is 3.40. The second-order valence-corrected chi connectivity index (χ2v) is 9.10. The fourth-order valence-electron chi connectivity index (χ4n) is 4.15. The summed E-state index contributed by atoms with van der Waals surface area (Å²) in [6, 6.07) is 9.10. The molecule has 36 heavy (non-hydrogen) atoms. The minimum atomic E-state index is -4.23. The molecule has 1 saturated heterocycles. The molecule has 5 rings (SSSR count). The molecule has 1 aromatic carbocycles. The van der Waals surface area contributed by atoms with E-state index in [0.717, 1.165) is 22.3 Å². The summed E-state index contributed by atoms with van der Waals surface area (Å²) >= 11 is 6.60. The Morgan fingerprint density at radius 2 is 1.81 bits per heavy atom. The van der Waals surface area contributed by atoms with Crippen molar-refractivity contribution in [2.45, 2.75) is 20.0 Å². The zero-order valence-electron chi connectivity index (χ0n) is 19.6. The highest BCUT2D eigenvalue weighted by molar-refractivity contribution is 6.37. The Hall–Kier alpha value is -3.51. The summed E-state index contributed by atoms with van der Waals surface area (Å²) in [7, 11) is 0. The van der Waals surface area contributed by atoms with Crippen molar-refractivity contribution in [3.05, 3.63) is 46.7 Å². The number of nitrogens with zero attached hydrogens (tertiary/aromatic N) is 5. The first-order valence-electron chi connectivity index (χ1n) is 11.3. The molecular weight excluding hydrogens is 497 g/mol. The van der Waals surface area contributed by atoms with Crippen LogP contribution in [0.25, 0.3) is 10.9 Å². The van der Waals surface area contributed by atoms with Crippen molar-refractivity contribution < 1.29 is 17.9 Å². The van der Waals surface area contributed by atoms with Crippen LogP contribution in [0.15, 0.2) is 30.3 Å². The van der Waals surface area contributed by atoms with Crippen LogP contribution in [0.1, 0.15) is 11.4 Å². The van der Waals surface area contributed by atoms with E-state index >= 15 is 0 Å². The van der Waals surface area contributed by atoms with E-state index in [0.29, 0.717) is 41.3 Å². The number of anilines is 3. The quantitative estimate of drug-likeness (QED) is 0.322. The summed E-state index contributed by atoms with van der Waals surface area (Å²) in [6.45, 7) is 4.16. The third-order valence-corrected chi connectivity index (χ3v) is 6.18. The molecule has 0 radical (unpaired) electrons. The van der Waals surface area contributed by atoms with Gasteiger partial charge in [-0.05, 0) is 32.0 Å². The fraction of sp³-hybridized carbons (Fsp3) is 0.348. The van der Waals surface area contributed by atoms with Crippen LogP contribution in [-0.2, 0) is 0 Å². The standard InChI is InChI=1S/C23H24ClF3N8O/c1-13-9-15-16(28-13)3-4-17(21(15)24)36-22-30-18(29-19-10-14(2)32-33-19)11-20(31-22)35-7-5-34(6-8-35)12-23(25,26)27/h3-4,9-11,28H,5-8,12H2,1-2H3,(H2,29,30,31,32,33). The summed E-state index contributed by atoms with van der Waals surface area (Å²) in [4.78, 5) is 15.5. The molecule has 0 unspecified atom stereocenters. The van der Waals surface area contributed by atoms with E-state index in [1.807, 2.05) is 36.9 Å². The second-order valence-electron chi connectivity index (χ2n) is 8.73. The molecule has 4 aromatic rings. The van der Waals surface area contributed by atoms with Crippen molar-refractivity contribution >= 4 is 40.0 Å². The number of fused-ring (bicyclic) bond motifs is 1. The first-order chi connectivity index (χ1) is 17.1. The number of piperazine rings is 1. The molecule has 190 valence electrons. The van der Waals surface area contributed by atoms with Crippen molar-refractivity contribution in [3.63, 3.8) is 0 Å². The van der Waals surface area contributed by atoms with Gasteiger partial charge in [-0.15, -0.1) is 0 Å². The highest BCUT2D eigenvalue weighted by Gasteiger charge is 2.32. The minimum absolute atomic E-state index is 0.0495. The molecule has 0 amide bonds. The molecule has 13 heteroatoms. The van der Waals surface area contributed by atoms with Gasteiger partial charge in [-0.25, -0.2) is 0 Å². The number of hydrogen-bond donors (Lipinski definition) is 3. The van der Waals surface area contributed by atoms with Gasteiger partial charge in [-0.3, -0.25) is 10.00 Å². The van der Waals surface area contributed by atoms with Gasteiger partial charge >= 0.3 is 12.2 Å². The lowest BCUT2D eigenvalue weighted by atomic mass is 10.2. The van der Waals surface area contributed by atoms with Gasteiger partial charge in [0.25, 0.3) is 0 Å². The zero-order chi connectivity index (χ0) is 25.4. The van der Waals surface area contributed by atoms with Gasteiger partial charge < -0.3 is 19.9 Å². The Balaban J connectivity index is 1.42. The number of halogens is 4. The van der Waals surface area contributed by atoms with E-state index in [4.69, 9.17) is 16.3 Å². The maximum absolute atomic E-state index is 12.8. The maximum atomic E-state index is 12.8. The minimum Gasteiger partial charge on any atom is -0.423 e. The monoisotopic (exact) mass is 520 g/mol. The number of ether oxygens (including phenoxy) is 1. The summed E-state index contributed by atoms with van der Waals surface area (Å²) in [6.07, 6.45) is -4.23. The first-order valence-corrected chi connectivity index (χ1v) is 11.7. The number of aromatic nitrogens is 5. The molecule has 0 atom stereocenters. The highest BCUT2D eigenvalue weighted by Crippen LogP contribution is 2.36. The number of hydrogen-bond acceptors (Lipinski definition) is 7. The average molecular weight is 521 g/mol. The van der Waals surface area contributed by atoms with Crippen molar-refractivity contribution in [1.29, 1.82) is 0 Å². The molecule has 0 aliphatic carbocycles. The summed E-state index contributed by atoms with van der Waals surface area (Å²) < 4.78 is 44.4. The molecule has 0 spiro atoms. The third kappa shape index (κ3) is 5.49. The number of aromatic amines is 2. The topological polar surface area (TPSA) is 98.0 Å². The summed E-state index contributed by atoms with van der Waals surface area (Å²) in [5.41, 5.74) is 2.71. The molecular formula is C23H24ClF3N8O. The van der Waals surface area contributed by atoms with Crippen LogP contribution in [0.2, 0.25) is 5.02 Å². The zero-order valence-corrected chi connectivity index (χ0v) is 20.3. The number of H-pyrrole nitrogens is 2. The van der Waals surface area contributed by atoms with E-state index in [9.17, 15) is 13.2 Å². The molecule has 1 fully saturated rings. The molecule has 0 bridgehead atoms. The molecule has 0 saturated carbocycles. The van der Waals surface area contributed by atoms with Gasteiger partial charge in [0, 0.05) is 60.6 Å². The van der Waals surface area contributed by atoms with Gasteiger partial charge in [-0.2, -0.15) is 28.2 Å². The fourth-order valence-corrected chi connectivity index (χ4v) is 4.41. The summed E-state index contributed by atoms with van der Waals surface area (Å²) in [5, 5.41) is 11.4. The lowest BCUT2D eigenvalue weighted by molar-refractivity contribution is -0.146. The van der Waals surface area contributed by atoms with Crippen LogP contribution < -0.4 is 15.0 Å². The Morgan fingerprint density at radius 1 is 1.03 bits per heavy atom. The highest BCUT2D eigenvalue weighted by atomic mass is 35.5. The maximum Gasteiger partial charge on any atom is 0.401 e. The Labute approximate surface area is 209 Å². The SMILES string of the molecule is Cc1cc(Nc2cc(N3CCN(CC(F)(F)F)CC3)nc(Oc3ccc4[nH]c(C)cc4c3Cl)n2)n[nH]1. The normalized spacial score (nSPS) is 15.0. The second kappa shape index (κ2) is 9.51. The Bertz CT molecular complexity index is 1380. The van der Waals surface area contributed by atoms with E-state index in [-0.39, 0.29) is 19.1 Å². The number of benzene rings is 1. The van der Waals surface area contributed by atoms with Gasteiger partial charge in [0.2, 0.25) is 0 Å². The molecule has 4 heterocycles. The largest absolute Gasteiger partial charge is 0.423 e. The van der Waals surface area contributed by atoms with Gasteiger partial charge in [-0.1, -0.05) is 11.6 Å². The first kappa shape index (κ1) is 24.2. The smallest absolute Gasteiger partial charge is 0.401 e. The van der Waals surface area contributed by atoms with Crippen LogP contribution in [0.4, 0.5) is 30.6 Å². The molecule has 3 aromatic heterocycles. The number of aryl methyl sites for hydroxylation is 2. The van der Waals surface area contributed by atoms with Crippen molar-refractivity contribution in [2.75, 3.05) is 42.9 Å². The number of rotatable bonds is 6. The lowest BCUT2D eigenvalue weighted by Gasteiger charge is -2.35. The molecule has 1 aliphatic rings. The molecule has 3 N–H and O–H groups in total. The molecule has 1 aliphatic heterocycles. The third-order valence-electron chi connectivity index (χ3n) is 5.79. The van der Waals surface area contributed by atoms with Crippen LogP contribution in [0, 0.1) is 13.8 Å². The van der Waals surface area contributed by atoms with Crippen LogP contribution in [0.3, 0.4) is 0 Å². The van der Waals surface area contributed by atoms with Crippen LogP contribution in [0.5, 0.6) is 11.8 Å². The van der Waals surface area contributed by atoms with Gasteiger partial charge in [0.15, 0.2) is 5.82 Å². The van der Waals surface area contributed by atoms with Crippen LogP contribution >= 0.6 is 11.6 Å². The molecule has 9 nitrogen and oxygen atoms in total. The van der Waals surface area contributed by atoms with Gasteiger partial charge in [0.1, 0.15) is 17.4 Å². The van der Waals surface area contributed by atoms with Gasteiger partial charge in [0.05, 0.1) is 11.6 Å². The number of alkyl halides is 3. The van der Waals surface area contributed by atoms with Crippen LogP contribution in [-0.4, -0.2) is 68.9 Å². The van der Waals surface area contributed by atoms with E-state index < -0.39 is 12.7 Å². The predicted octanol–water partition coefficient (Wildman–Crippen LogP) is 5.17. The number of nitrogens with one attached hydrogen (secondary N) is 3. The van der Waals surface area contributed by atoms with Crippen molar-refractivity contribution in [2.24, 2.45) is 0 Å². The van der Waals surface area contributed by atoms with E-state index in [1.165, 1.54) is 4.90 Å². The Morgan fingerprint density at radius 3 is 2.50 bits per heavy atom. The predicted molar refractivity (Wildman–Crippen MR) is 131 cm³/mol. The van der Waals surface area contributed by atoms with Crippen molar-refractivity contribution in [3.8, 4) is 11.8 Å². The summed E-state index contributed by atoms with van der Waals surface area (Å²) in [5.74, 6) is 1.89. The van der Waals surface area contributed by atoms with E-state index in [2.05, 4.69) is 30.5 Å².